The number of carbonyl (C=O) groups is 2. The Morgan fingerprint density at radius 2 is 1.50 bits per heavy atom. The van der Waals surface area contributed by atoms with Crippen molar-refractivity contribution >= 4 is 22.8 Å². The molecule has 0 saturated heterocycles. The van der Waals surface area contributed by atoms with Crippen LogP contribution in [0.3, 0.4) is 0 Å². The van der Waals surface area contributed by atoms with Crippen LogP contribution >= 0.6 is 0 Å². The second-order valence-electron chi connectivity index (χ2n) is 6.02. The van der Waals surface area contributed by atoms with Crippen LogP contribution in [0, 0.1) is 19.7 Å². The van der Waals surface area contributed by atoms with Gasteiger partial charge in [0, 0.05) is 5.56 Å². The largest absolute Gasteiger partial charge is 0.451 e. The zero-order valence-electron chi connectivity index (χ0n) is 14.6. The minimum Gasteiger partial charge on any atom is -0.451 e. The molecule has 5 nitrogen and oxygen atoms in total. The number of aryl methyl sites for hydroxylation is 2. The van der Waals surface area contributed by atoms with Crippen molar-refractivity contribution in [3.05, 3.63) is 70.8 Å². The summed E-state index contributed by atoms with van der Waals surface area (Å²) in [6.45, 7) is 5.20. The minimum absolute atomic E-state index is 0.280. The summed E-state index contributed by atoms with van der Waals surface area (Å²) in [6.07, 6.45) is -0.991. The standard InChI is InChI=1S/C20H17FN2O3/c1-11-12(2)23-18-10-15(6-9-17(18)22-11)20(25)26-13(3)19(24)14-4-7-16(21)8-5-14/h4-10,13H,1-3H3/t13-/m1/s1. The quantitative estimate of drug-likeness (QED) is 0.527. The number of rotatable bonds is 4. The van der Waals surface area contributed by atoms with Gasteiger partial charge in [-0.1, -0.05) is 0 Å². The Hall–Kier alpha value is -3.15. The van der Waals surface area contributed by atoms with Gasteiger partial charge in [-0.05, 0) is 63.2 Å². The Bertz CT molecular complexity index is 1000. The number of fused-ring (bicyclic) bond motifs is 1. The number of Topliss-reactive ketones (excluding diaryl/α,β-unsaturated/α-hetero) is 1. The molecule has 6 heteroatoms. The fourth-order valence-corrected chi connectivity index (χ4v) is 2.49. The van der Waals surface area contributed by atoms with Crippen molar-refractivity contribution in [3.63, 3.8) is 0 Å². The number of benzene rings is 2. The van der Waals surface area contributed by atoms with Crippen molar-refractivity contribution in [3.8, 4) is 0 Å². The maximum atomic E-state index is 13.0. The molecular formula is C20H17FN2O3. The van der Waals surface area contributed by atoms with Crippen LogP contribution in [0.25, 0.3) is 11.0 Å². The summed E-state index contributed by atoms with van der Waals surface area (Å²) in [5, 5.41) is 0. The molecule has 3 rings (SSSR count). The Morgan fingerprint density at radius 1 is 0.923 bits per heavy atom. The van der Waals surface area contributed by atoms with Gasteiger partial charge in [0.05, 0.1) is 28.0 Å². The molecule has 0 spiro atoms. The van der Waals surface area contributed by atoms with Gasteiger partial charge in [-0.15, -0.1) is 0 Å². The molecule has 0 aliphatic heterocycles. The monoisotopic (exact) mass is 352 g/mol. The van der Waals surface area contributed by atoms with Crippen molar-refractivity contribution < 1.29 is 18.7 Å². The lowest BCUT2D eigenvalue weighted by Gasteiger charge is -2.13. The second kappa shape index (κ2) is 7.00. The normalized spacial score (nSPS) is 12.0. The van der Waals surface area contributed by atoms with Crippen molar-refractivity contribution in [2.75, 3.05) is 0 Å². The van der Waals surface area contributed by atoms with Gasteiger partial charge in [0.15, 0.2) is 6.10 Å². The molecule has 3 aromatic rings. The molecular weight excluding hydrogens is 335 g/mol. The van der Waals surface area contributed by atoms with Crippen LogP contribution in [0.1, 0.15) is 39.0 Å². The van der Waals surface area contributed by atoms with Crippen molar-refractivity contribution in [2.45, 2.75) is 26.9 Å². The maximum Gasteiger partial charge on any atom is 0.338 e. The van der Waals surface area contributed by atoms with Crippen LogP contribution in [0.15, 0.2) is 42.5 Å². The van der Waals surface area contributed by atoms with E-state index >= 15 is 0 Å². The molecule has 1 heterocycles. The highest BCUT2D eigenvalue weighted by atomic mass is 19.1. The number of aromatic nitrogens is 2. The Kier molecular flexibility index (Phi) is 4.75. The van der Waals surface area contributed by atoms with Gasteiger partial charge in [-0.3, -0.25) is 4.79 Å². The molecule has 1 aromatic heterocycles. The number of ketones is 1. The SMILES string of the molecule is Cc1nc2ccc(C(=O)O[C@H](C)C(=O)c3ccc(F)cc3)cc2nc1C. The molecule has 0 aliphatic carbocycles. The summed E-state index contributed by atoms with van der Waals surface area (Å²) in [4.78, 5) is 33.5. The van der Waals surface area contributed by atoms with Crippen LogP contribution in [-0.4, -0.2) is 27.8 Å². The molecule has 0 amide bonds. The van der Waals surface area contributed by atoms with E-state index in [4.69, 9.17) is 4.74 Å². The van der Waals surface area contributed by atoms with Crippen molar-refractivity contribution in [1.82, 2.24) is 9.97 Å². The van der Waals surface area contributed by atoms with Crippen LogP contribution in [0.4, 0.5) is 4.39 Å². The first-order valence-corrected chi connectivity index (χ1v) is 8.11. The van der Waals surface area contributed by atoms with Gasteiger partial charge in [0.2, 0.25) is 5.78 Å². The molecule has 0 radical (unpaired) electrons. The van der Waals surface area contributed by atoms with E-state index in [9.17, 15) is 14.0 Å². The predicted octanol–water partition coefficient (Wildman–Crippen LogP) is 3.81. The highest BCUT2D eigenvalue weighted by molar-refractivity contribution is 6.01. The van der Waals surface area contributed by atoms with Crippen LogP contribution in [0.2, 0.25) is 0 Å². The number of nitrogens with zero attached hydrogens (tertiary/aromatic N) is 2. The topological polar surface area (TPSA) is 69.2 Å². The first-order valence-electron chi connectivity index (χ1n) is 8.11. The van der Waals surface area contributed by atoms with Gasteiger partial charge in [-0.25, -0.2) is 19.2 Å². The predicted molar refractivity (Wildman–Crippen MR) is 94.6 cm³/mol. The molecule has 0 saturated carbocycles. The number of hydrogen-bond acceptors (Lipinski definition) is 5. The van der Waals surface area contributed by atoms with E-state index in [0.717, 1.165) is 11.4 Å². The molecule has 1 atom stereocenters. The van der Waals surface area contributed by atoms with Crippen molar-refractivity contribution in [1.29, 1.82) is 0 Å². The highest BCUT2D eigenvalue weighted by Gasteiger charge is 2.21. The van der Waals surface area contributed by atoms with Gasteiger partial charge in [0.1, 0.15) is 5.82 Å². The van der Waals surface area contributed by atoms with E-state index in [1.54, 1.807) is 18.2 Å². The van der Waals surface area contributed by atoms with Gasteiger partial charge in [-0.2, -0.15) is 0 Å². The fourth-order valence-electron chi connectivity index (χ4n) is 2.49. The van der Waals surface area contributed by atoms with Gasteiger partial charge < -0.3 is 4.74 Å². The van der Waals surface area contributed by atoms with Crippen molar-refractivity contribution in [2.24, 2.45) is 0 Å². The summed E-state index contributed by atoms with van der Waals surface area (Å²) in [5.41, 5.74) is 3.44. The molecule has 132 valence electrons. The third-order valence-electron chi connectivity index (χ3n) is 4.09. The van der Waals surface area contributed by atoms with Crippen LogP contribution < -0.4 is 0 Å². The van der Waals surface area contributed by atoms with Crippen LogP contribution in [-0.2, 0) is 4.74 Å². The fraction of sp³-hybridized carbons (Fsp3) is 0.200. The molecule has 2 aromatic carbocycles. The smallest absolute Gasteiger partial charge is 0.338 e. The lowest BCUT2D eigenvalue weighted by Crippen LogP contribution is -2.24. The lowest BCUT2D eigenvalue weighted by molar-refractivity contribution is 0.0319. The van der Waals surface area contributed by atoms with E-state index in [-0.39, 0.29) is 11.1 Å². The second-order valence-corrected chi connectivity index (χ2v) is 6.02. The number of ether oxygens (including phenoxy) is 1. The number of halogens is 1. The highest BCUT2D eigenvalue weighted by Crippen LogP contribution is 2.16. The molecule has 26 heavy (non-hydrogen) atoms. The summed E-state index contributed by atoms with van der Waals surface area (Å²) in [6, 6.07) is 9.97. The molecule has 0 bridgehead atoms. The van der Waals surface area contributed by atoms with E-state index in [0.29, 0.717) is 11.0 Å². The van der Waals surface area contributed by atoms with E-state index in [1.807, 2.05) is 13.8 Å². The van der Waals surface area contributed by atoms with Crippen LogP contribution in [0.5, 0.6) is 0 Å². The molecule has 0 N–H and O–H groups in total. The van der Waals surface area contributed by atoms with E-state index in [1.165, 1.54) is 31.2 Å². The average Bonchev–Trinajstić information content (AvgIpc) is 2.62. The zero-order valence-corrected chi connectivity index (χ0v) is 14.6. The third kappa shape index (κ3) is 3.59. The maximum absolute atomic E-state index is 13.0. The summed E-state index contributed by atoms with van der Waals surface area (Å²) in [5.74, 6) is -1.46. The number of esters is 1. The Labute approximate surface area is 149 Å². The first kappa shape index (κ1) is 17.7. The third-order valence-corrected chi connectivity index (χ3v) is 4.09. The van der Waals surface area contributed by atoms with E-state index < -0.39 is 23.7 Å². The first-order chi connectivity index (χ1) is 12.3. The van der Waals surface area contributed by atoms with Gasteiger partial charge >= 0.3 is 5.97 Å². The molecule has 0 fully saturated rings. The summed E-state index contributed by atoms with van der Waals surface area (Å²) < 4.78 is 18.2. The Morgan fingerprint density at radius 3 is 2.15 bits per heavy atom. The molecule has 0 aliphatic rings. The number of carbonyl (C=O) groups excluding carboxylic acids is 2. The lowest BCUT2D eigenvalue weighted by atomic mass is 10.1. The number of hydrogen-bond donors (Lipinski definition) is 0. The minimum atomic E-state index is -0.991. The Balaban J connectivity index is 1.78. The van der Waals surface area contributed by atoms with E-state index in [2.05, 4.69) is 9.97 Å². The average molecular weight is 352 g/mol. The summed E-state index contributed by atoms with van der Waals surface area (Å²) >= 11 is 0. The molecule has 0 unspecified atom stereocenters. The zero-order chi connectivity index (χ0) is 18.8. The summed E-state index contributed by atoms with van der Waals surface area (Å²) in [7, 11) is 0. The van der Waals surface area contributed by atoms with Gasteiger partial charge in [0.25, 0.3) is 0 Å².